The molecule has 2 rings (SSSR count). The van der Waals surface area contributed by atoms with Gasteiger partial charge in [0.1, 0.15) is 0 Å². The van der Waals surface area contributed by atoms with Crippen molar-refractivity contribution in [3.63, 3.8) is 0 Å². The lowest BCUT2D eigenvalue weighted by molar-refractivity contribution is -0.150. The Labute approximate surface area is 143 Å². The molecule has 1 aromatic rings. The van der Waals surface area contributed by atoms with E-state index >= 15 is 0 Å². The minimum absolute atomic E-state index is 0.105. The maximum Gasteiger partial charge on any atom is 0.343 e. The third kappa shape index (κ3) is 4.25. The average Bonchev–Trinajstić information content (AvgIpc) is 2.92. The summed E-state index contributed by atoms with van der Waals surface area (Å²) in [5.74, 6) is -1.97. The number of likely N-dealkylation sites (tertiary alicyclic amines) is 1. The van der Waals surface area contributed by atoms with Gasteiger partial charge >= 0.3 is 5.97 Å². The number of carbonyl (C=O) groups is 3. The van der Waals surface area contributed by atoms with Crippen molar-refractivity contribution in [1.82, 2.24) is 4.90 Å². The third-order valence-electron chi connectivity index (χ3n) is 3.75. The van der Waals surface area contributed by atoms with Crippen LogP contribution in [-0.2, 0) is 14.4 Å². The van der Waals surface area contributed by atoms with Crippen LogP contribution in [0.3, 0.4) is 0 Å². The van der Waals surface area contributed by atoms with Crippen LogP contribution in [0.4, 0.5) is 10.1 Å². The molecule has 0 aromatic heterocycles. The van der Waals surface area contributed by atoms with Gasteiger partial charge in [-0.15, -0.1) is 11.8 Å². The third-order valence-corrected chi connectivity index (χ3v) is 4.85. The molecule has 0 aliphatic carbocycles. The second-order valence-corrected chi connectivity index (χ2v) is 7.16. The summed E-state index contributed by atoms with van der Waals surface area (Å²) in [4.78, 5) is 36.3. The number of nitrogens with zero attached hydrogens (tertiary/aromatic N) is 1. The Balaban J connectivity index is 1.95. The summed E-state index contributed by atoms with van der Waals surface area (Å²) < 4.78 is 14.0. The largest absolute Gasteiger partial charge is 0.479 e. The van der Waals surface area contributed by atoms with E-state index in [-0.39, 0.29) is 24.8 Å². The molecule has 24 heavy (non-hydrogen) atoms. The van der Waals surface area contributed by atoms with Gasteiger partial charge in [0.2, 0.25) is 17.5 Å². The number of hydrogen-bond acceptors (Lipinski definition) is 4. The summed E-state index contributed by atoms with van der Waals surface area (Å²) in [7, 11) is 0. The normalized spacial score (nSPS) is 21.4. The molecule has 2 N–H and O–H groups in total. The van der Waals surface area contributed by atoms with E-state index in [1.165, 1.54) is 23.6 Å². The molecule has 1 fully saturated rings. The summed E-state index contributed by atoms with van der Waals surface area (Å²) in [6.45, 7) is 2.82. The van der Waals surface area contributed by atoms with Crippen molar-refractivity contribution in [2.24, 2.45) is 0 Å². The van der Waals surface area contributed by atoms with Gasteiger partial charge in [0.15, 0.2) is 0 Å². The van der Waals surface area contributed by atoms with Crippen molar-refractivity contribution in [2.75, 3.05) is 18.4 Å². The Bertz CT molecular complexity index is 652. The number of benzene rings is 1. The molecule has 0 bridgehead atoms. The number of halogens is 1. The molecule has 2 unspecified atom stereocenters. The highest BCUT2D eigenvalue weighted by molar-refractivity contribution is 8.00. The number of aliphatic carboxylic acids is 1. The number of amides is 2. The maximum atomic E-state index is 14.0. The van der Waals surface area contributed by atoms with Crippen molar-refractivity contribution in [3.8, 4) is 0 Å². The van der Waals surface area contributed by atoms with E-state index in [0.717, 1.165) is 4.90 Å². The topological polar surface area (TPSA) is 86.7 Å². The monoisotopic (exact) mass is 354 g/mol. The van der Waals surface area contributed by atoms with E-state index in [2.05, 4.69) is 5.32 Å². The van der Waals surface area contributed by atoms with Gasteiger partial charge in [-0.2, -0.15) is 0 Å². The van der Waals surface area contributed by atoms with Crippen LogP contribution in [0.2, 0.25) is 0 Å². The summed E-state index contributed by atoms with van der Waals surface area (Å²) in [5.41, 5.74) is -1.69. The zero-order chi connectivity index (χ0) is 17.9. The highest BCUT2D eigenvalue weighted by atomic mass is 32.2. The molecule has 0 spiro atoms. The Hall–Kier alpha value is -2.09. The van der Waals surface area contributed by atoms with E-state index in [0.29, 0.717) is 5.69 Å². The molecular weight excluding hydrogens is 335 g/mol. The number of rotatable bonds is 5. The van der Waals surface area contributed by atoms with Crippen molar-refractivity contribution >= 4 is 35.2 Å². The highest BCUT2D eigenvalue weighted by Crippen LogP contribution is 2.30. The fourth-order valence-electron chi connectivity index (χ4n) is 2.47. The lowest BCUT2D eigenvalue weighted by Gasteiger charge is -2.21. The van der Waals surface area contributed by atoms with Crippen LogP contribution in [0.1, 0.15) is 20.3 Å². The summed E-state index contributed by atoms with van der Waals surface area (Å²) in [5, 5.41) is 11.1. The molecule has 1 aliphatic heterocycles. The van der Waals surface area contributed by atoms with Gasteiger partial charge in [-0.25, -0.2) is 9.18 Å². The van der Waals surface area contributed by atoms with Gasteiger partial charge in [0.25, 0.3) is 0 Å². The van der Waals surface area contributed by atoms with Crippen LogP contribution < -0.4 is 5.32 Å². The van der Waals surface area contributed by atoms with E-state index in [1.54, 1.807) is 31.2 Å². The standard InChI is InChI=1S/C16H19FN2O4S/c1-10(14(21)19-8-7-16(17,9-19)15(22)23)24-13-5-3-12(4-6-13)18-11(2)20/h3-6,10H,7-9H2,1-2H3,(H,18,20)(H,22,23). The second kappa shape index (κ2) is 7.21. The number of carboxylic acids is 1. The zero-order valence-corrected chi connectivity index (χ0v) is 14.2. The number of hydrogen-bond donors (Lipinski definition) is 2. The average molecular weight is 354 g/mol. The van der Waals surface area contributed by atoms with Gasteiger partial charge in [-0.3, -0.25) is 9.59 Å². The Kier molecular flexibility index (Phi) is 5.48. The van der Waals surface area contributed by atoms with Crippen molar-refractivity contribution in [2.45, 2.75) is 36.1 Å². The minimum Gasteiger partial charge on any atom is -0.479 e. The molecule has 8 heteroatoms. The molecular formula is C16H19FN2O4S. The maximum absolute atomic E-state index is 14.0. The first-order valence-corrected chi connectivity index (χ1v) is 8.35. The first-order chi connectivity index (χ1) is 11.2. The van der Waals surface area contributed by atoms with E-state index in [1.807, 2.05) is 0 Å². The number of anilines is 1. The van der Waals surface area contributed by atoms with Crippen LogP contribution in [0.25, 0.3) is 0 Å². The first kappa shape index (κ1) is 18.3. The van der Waals surface area contributed by atoms with Crippen LogP contribution in [0.5, 0.6) is 0 Å². The fourth-order valence-corrected chi connectivity index (χ4v) is 3.42. The Morgan fingerprint density at radius 1 is 1.33 bits per heavy atom. The quantitative estimate of drug-likeness (QED) is 0.791. The van der Waals surface area contributed by atoms with Crippen LogP contribution in [0.15, 0.2) is 29.2 Å². The summed E-state index contributed by atoms with van der Waals surface area (Å²) >= 11 is 1.30. The molecule has 130 valence electrons. The minimum atomic E-state index is -2.35. The predicted octanol–water partition coefficient (Wildman–Crippen LogP) is 2.15. The fraction of sp³-hybridized carbons (Fsp3) is 0.438. The molecule has 2 atom stereocenters. The molecule has 1 aromatic carbocycles. The van der Waals surface area contributed by atoms with Gasteiger partial charge < -0.3 is 15.3 Å². The lowest BCUT2D eigenvalue weighted by atomic mass is 10.1. The number of carbonyl (C=O) groups excluding carboxylic acids is 2. The second-order valence-electron chi connectivity index (χ2n) is 5.75. The molecule has 6 nitrogen and oxygen atoms in total. The van der Waals surface area contributed by atoms with E-state index in [9.17, 15) is 18.8 Å². The highest BCUT2D eigenvalue weighted by Gasteiger charge is 2.47. The smallest absolute Gasteiger partial charge is 0.343 e. The molecule has 1 saturated heterocycles. The number of alkyl halides is 1. The van der Waals surface area contributed by atoms with Gasteiger partial charge in [0.05, 0.1) is 11.8 Å². The molecule has 1 aliphatic rings. The number of thioether (sulfide) groups is 1. The van der Waals surface area contributed by atoms with Crippen LogP contribution >= 0.6 is 11.8 Å². The summed E-state index contributed by atoms with van der Waals surface area (Å²) in [6.07, 6.45) is -0.184. The van der Waals surface area contributed by atoms with E-state index in [4.69, 9.17) is 5.11 Å². The SMILES string of the molecule is CC(=O)Nc1ccc(SC(C)C(=O)N2CCC(F)(C(=O)O)C2)cc1. The summed E-state index contributed by atoms with van der Waals surface area (Å²) in [6, 6.07) is 7.02. The first-order valence-electron chi connectivity index (χ1n) is 7.47. The Morgan fingerprint density at radius 3 is 2.46 bits per heavy atom. The lowest BCUT2D eigenvalue weighted by Crippen LogP contribution is -2.41. The number of carboxylic acid groups (broad SMARTS) is 1. The number of nitrogens with one attached hydrogen (secondary N) is 1. The zero-order valence-electron chi connectivity index (χ0n) is 13.4. The molecule has 2 amide bonds. The molecule has 0 radical (unpaired) electrons. The Morgan fingerprint density at radius 2 is 1.96 bits per heavy atom. The van der Waals surface area contributed by atoms with Gasteiger partial charge in [-0.05, 0) is 31.2 Å². The van der Waals surface area contributed by atoms with Gasteiger partial charge in [-0.1, -0.05) is 0 Å². The van der Waals surface area contributed by atoms with E-state index < -0.39 is 23.4 Å². The molecule has 0 saturated carbocycles. The molecule has 1 heterocycles. The van der Waals surface area contributed by atoms with Crippen molar-refractivity contribution < 1.29 is 23.9 Å². The van der Waals surface area contributed by atoms with Crippen molar-refractivity contribution in [1.29, 1.82) is 0 Å². The van der Waals surface area contributed by atoms with Crippen LogP contribution in [0, 0.1) is 0 Å². The van der Waals surface area contributed by atoms with Gasteiger partial charge in [0, 0.05) is 30.5 Å². The van der Waals surface area contributed by atoms with Crippen LogP contribution in [-0.4, -0.2) is 51.8 Å². The predicted molar refractivity (Wildman–Crippen MR) is 88.7 cm³/mol. The van der Waals surface area contributed by atoms with Crippen molar-refractivity contribution in [3.05, 3.63) is 24.3 Å².